The van der Waals surface area contributed by atoms with Crippen molar-refractivity contribution in [2.45, 2.75) is 50.2 Å². The monoisotopic (exact) mass is 581 g/mol. The topological polar surface area (TPSA) is 143 Å². The molecule has 0 radical (unpaired) electrons. The predicted molar refractivity (Wildman–Crippen MR) is 155 cm³/mol. The predicted octanol–water partition coefficient (Wildman–Crippen LogP) is 3.65. The second-order valence-electron chi connectivity index (χ2n) is 10.2. The number of methoxy groups -OCH3 is 1. The van der Waals surface area contributed by atoms with E-state index < -0.39 is 21.9 Å². The number of nitrogens with zero attached hydrogens (tertiary/aromatic N) is 2. The van der Waals surface area contributed by atoms with Gasteiger partial charge in [-0.3, -0.25) is 4.79 Å². The Balaban J connectivity index is 1.79. The van der Waals surface area contributed by atoms with Crippen LogP contribution in [0.2, 0.25) is 0 Å². The smallest absolute Gasteiger partial charge is 0.304 e. The van der Waals surface area contributed by atoms with Crippen LogP contribution in [0.4, 0.5) is 11.4 Å². The fraction of sp³-hybridized carbons (Fsp3) is 0.367. The Hall–Kier alpha value is -3.80. The van der Waals surface area contributed by atoms with Crippen LogP contribution in [0.3, 0.4) is 0 Å². The summed E-state index contributed by atoms with van der Waals surface area (Å²) >= 11 is 0. The Morgan fingerprint density at radius 3 is 2.66 bits per heavy atom. The summed E-state index contributed by atoms with van der Waals surface area (Å²) in [6, 6.07) is 16.2. The number of nitrogens with one attached hydrogen (secondary N) is 1. The molecule has 0 amide bonds. The molecular formula is C30H37N4O6S+. The van der Waals surface area contributed by atoms with Crippen LogP contribution in [0.25, 0.3) is 0 Å². The van der Waals surface area contributed by atoms with Crippen LogP contribution in [0.15, 0.2) is 64.6 Å². The largest absolute Gasteiger partial charge is 0.494 e. The first kappa shape index (κ1) is 30.2. The van der Waals surface area contributed by atoms with Gasteiger partial charge in [0.2, 0.25) is 10.0 Å². The number of fused-ring (bicyclic) bond motifs is 1. The summed E-state index contributed by atoms with van der Waals surface area (Å²) in [5.41, 5.74) is 10.4. The molecule has 218 valence electrons. The van der Waals surface area contributed by atoms with Gasteiger partial charge in [0.15, 0.2) is 5.69 Å². The van der Waals surface area contributed by atoms with E-state index in [1.54, 1.807) is 31.3 Å². The van der Waals surface area contributed by atoms with Gasteiger partial charge in [0.25, 0.3) is 0 Å². The van der Waals surface area contributed by atoms with Crippen LogP contribution in [0, 0.1) is 6.92 Å². The van der Waals surface area contributed by atoms with E-state index >= 15 is 0 Å². The van der Waals surface area contributed by atoms with E-state index in [2.05, 4.69) is 10.4 Å². The zero-order valence-corrected chi connectivity index (χ0v) is 24.6. The van der Waals surface area contributed by atoms with Crippen molar-refractivity contribution in [2.75, 3.05) is 32.6 Å². The number of anilines is 1. The summed E-state index contributed by atoms with van der Waals surface area (Å²) in [5, 5.41) is 16.7. The SMILES string of the molecule is CNc1c(N=[NH2+])cc([C@@H](CC(=O)O)c2ccc(C)c(CN3C[C@@H](C)OCCc4ccccc4S3(=O)=O)c2)cc1OC. The number of carboxylic acids is 1. The van der Waals surface area contributed by atoms with Crippen LogP contribution < -0.4 is 15.6 Å². The maximum atomic E-state index is 13.9. The highest BCUT2D eigenvalue weighted by Crippen LogP contribution is 2.40. The minimum absolute atomic E-state index is 0.106. The van der Waals surface area contributed by atoms with Crippen LogP contribution >= 0.6 is 0 Å². The molecule has 0 unspecified atom stereocenters. The van der Waals surface area contributed by atoms with Crippen molar-refractivity contribution in [3.8, 4) is 5.75 Å². The Labute approximate surface area is 240 Å². The molecule has 4 N–H and O–H groups in total. The Morgan fingerprint density at radius 2 is 1.98 bits per heavy atom. The van der Waals surface area contributed by atoms with Crippen molar-refractivity contribution in [1.82, 2.24) is 4.31 Å². The summed E-state index contributed by atoms with van der Waals surface area (Å²) in [6.45, 7) is 4.50. The molecule has 1 heterocycles. The molecule has 3 aromatic rings. The second kappa shape index (κ2) is 12.8. The lowest BCUT2D eigenvalue weighted by Gasteiger charge is -2.26. The van der Waals surface area contributed by atoms with E-state index in [1.165, 1.54) is 11.4 Å². The van der Waals surface area contributed by atoms with Crippen LogP contribution in [0.1, 0.15) is 47.1 Å². The molecule has 0 spiro atoms. The van der Waals surface area contributed by atoms with Gasteiger partial charge in [-0.25, -0.2) is 8.42 Å². The number of aliphatic carboxylic acids is 1. The number of ether oxygens (including phenoxy) is 2. The number of aryl methyl sites for hydroxylation is 1. The molecule has 41 heavy (non-hydrogen) atoms. The van der Waals surface area contributed by atoms with E-state index in [-0.39, 0.29) is 30.5 Å². The quantitative estimate of drug-likeness (QED) is 0.327. The molecule has 0 bridgehead atoms. The highest BCUT2D eigenvalue weighted by molar-refractivity contribution is 7.89. The Morgan fingerprint density at radius 1 is 1.22 bits per heavy atom. The molecule has 3 aromatic carbocycles. The maximum Gasteiger partial charge on any atom is 0.304 e. The second-order valence-corrected chi connectivity index (χ2v) is 12.1. The van der Waals surface area contributed by atoms with Crippen LogP contribution in [-0.4, -0.2) is 57.2 Å². The standard InChI is InChI=1S/C30H36N4O6S/c1-19-9-10-22(25(16-29(35)36)23-14-26(33-31)30(32-3)27(15-23)39-4)13-24(19)18-34-17-20(2)40-12-11-21-7-5-6-8-28(21)41(34,37)38/h5-10,13-15,20,25,31-32H,11-12,16-18H2,1-4H3,(H,35,36)/p+1/t20-,25+/m1/s1. The first-order valence-electron chi connectivity index (χ1n) is 13.4. The number of hydrogen-bond donors (Lipinski definition) is 3. The third-order valence-corrected chi connectivity index (χ3v) is 9.35. The van der Waals surface area contributed by atoms with Gasteiger partial charge in [-0.1, -0.05) is 36.4 Å². The molecule has 4 rings (SSSR count). The molecule has 0 aliphatic carbocycles. The van der Waals surface area contributed by atoms with Gasteiger partial charge < -0.3 is 19.9 Å². The number of nitrogens with two attached hydrogens (primary N) is 1. The van der Waals surface area contributed by atoms with Gasteiger partial charge in [0, 0.05) is 26.1 Å². The van der Waals surface area contributed by atoms with E-state index in [0.717, 1.165) is 22.3 Å². The molecule has 0 aromatic heterocycles. The first-order chi connectivity index (χ1) is 19.6. The Bertz CT molecular complexity index is 1540. The third-order valence-electron chi connectivity index (χ3n) is 7.44. The van der Waals surface area contributed by atoms with Gasteiger partial charge >= 0.3 is 5.97 Å². The van der Waals surface area contributed by atoms with Crippen molar-refractivity contribution in [3.05, 3.63) is 82.4 Å². The lowest BCUT2D eigenvalue weighted by Crippen LogP contribution is -2.37. The number of carboxylic acid groups (broad SMARTS) is 1. The highest BCUT2D eigenvalue weighted by atomic mass is 32.2. The Kier molecular flexibility index (Phi) is 9.42. The van der Waals surface area contributed by atoms with Gasteiger partial charge in [0.1, 0.15) is 11.4 Å². The summed E-state index contributed by atoms with van der Waals surface area (Å²) < 4.78 is 40.8. The molecule has 1 aliphatic heterocycles. The van der Waals surface area contributed by atoms with E-state index in [0.29, 0.717) is 35.7 Å². The zero-order chi connectivity index (χ0) is 29.7. The first-order valence-corrected chi connectivity index (χ1v) is 14.8. The summed E-state index contributed by atoms with van der Waals surface area (Å²) in [7, 11) is -0.595. The maximum absolute atomic E-state index is 13.9. The minimum atomic E-state index is -3.83. The molecule has 0 fully saturated rings. The molecule has 11 heteroatoms. The molecule has 1 aliphatic rings. The normalized spacial score (nSPS) is 17.8. The fourth-order valence-electron chi connectivity index (χ4n) is 5.27. The lowest BCUT2D eigenvalue weighted by molar-refractivity contribution is -0.210. The molecule has 0 saturated heterocycles. The van der Waals surface area contributed by atoms with Gasteiger partial charge in [-0.15, -0.1) is 0 Å². The van der Waals surface area contributed by atoms with E-state index in [4.69, 9.17) is 15.0 Å². The summed E-state index contributed by atoms with van der Waals surface area (Å²) in [6.07, 6.45) is -0.000331. The van der Waals surface area contributed by atoms with Crippen LogP contribution in [0.5, 0.6) is 5.75 Å². The number of rotatable bonds is 9. The van der Waals surface area contributed by atoms with E-state index in [1.807, 2.05) is 44.2 Å². The van der Waals surface area contributed by atoms with Crippen molar-refractivity contribution >= 4 is 27.4 Å². The average molecular weight is 582 g/mol. The molecule has 10 nitrogen and oxygen atoms in total. The average Bonchev–Trinajstić information content (AvgIpc) is 2.99. The molecular weight excluding hydrogens is 544 g/mol. The van der Waals surface area contributed by atoms with Crippen LogP contribution in [-0.2, 0) is 32.5 Å². The summed E-state index contributed by atoms with van der Waals surface area (Å²) in [5.74, 6) is -1.07. The minimum Gasteiger partial charge on any atom is -0.494 e. The van der Waals surface area contributed by atoms with Gasteiger partial charge in [0.05, 0.1) is 31.1 Å². The summed E-state index contributed by atoms with van der Waals surface area (Å²) in [4.78, 5) is 12.3. The number of benzene rings is 3. The van der Waals surface area contributed by atoms with Gasteiger partial charge in [-0.05, 0) is 71.4 Å². The van der Waals surface area contributed by atoms with Crippen molar-refractivity contribution in [3.63, 3.8) is 0 Å². The zero-order valence-electron chi connectivity index (χ0n) is 23.8. The number of carbonyl (C=O) groups is 1. The fourth-order valence-corrected chi connectivity index (χ4v) is 7.01. The number of sulfonamides is 1. The van der Waals surface area contributed by atoms with Crippen molar-refractivity contribution in [2.24, 2.45) is 5.11 Å². The lowest BCUT2D eigenvalue weighted by atomic mass is 9.86. The molecule has 0 saturated carbocycles. The van der Waals surface area contributed by atoms with Crippen molar-refractivity contribution < 1.29 is 33.3 Å². The number of hydrogen-bond acceptors (Lipinski definition) is 7. The van der Waals surface area contributed by atoms with Crippen molar-refractivity contribution in [1.29, 1.82) is 0 Å². The highest BCUT2D eigenvalue weighted by Gasteiger charge is 2.31. The van der Waals surface area contributed by atoms with Gasteiger partial charge in [-0.2, -0.15) is 9.84 Å². The molecule has 2 atom stereocenters. The third kappa shape index (κ3) is 6.58. The van der Waals surface area contributed by atoms with E-state index in [9.17, 15) is 18.3 Å².